The smallest absolute Gasteiger partial charge is 0.406 e. The molecule has 0 aliphatic carbocycles. The van der Waals surface area contributed by atoms with Crippen molar-refractivity contribution in [1.82, 2.24) is 4.90 Å². The Morgan fingerprint density at radius 1 is 1.14 bits per heavy atom. The number of halogens is 3. The normalized spacial score (nSPS) is 29.8. The number of alkyl halides is 3. The van der Waals surface area contributed by atoms with Crippen LogP contribution in [-0.2, 0) is 0 Å². The molecule has 2 saturated heterocycles. The predicted octanol–water partition coefficient (Wildman–Crippen LogP) is 2.97. The molecule has 3 nitrogen and oxygen atoms in total. The monoisotopic (exact) mass is 300 g/mol. The van der Waals surface area contributed by atoms with Crippen LogP contribution in [-0.4, -0.2) is 44.5 Å². The Bertz CT molecular complexity index is 517. The summed E-state index contributed by atoms with van der Waals surface area (Å²) in [5.74, 6) is 0.449. The van der Waals surface area contributed by atoms with Crippen LogP contribution in [0.15, 0.2) is 24.3 Å². The molecule has 0 N–H and O–H groups in total. The molecule has 0 aromatic heterocycles. The van der Waals surface area contributed by atoms with Crippen molar-refractivity contribution in [3.63, 3.8) is 0 Å². The van der Waals surface area contributed by atoms with Gasteiger partial charge in [-0.25, -0.2) is 0 Å². The largest absolute Gasteiger partial charge is 0.573 e. The molecule has 1 aromatic carbocycles. The lowest BCUT2D eigenvalue weighted by Gasteiger charge is -2.25. The number of likely N-dealkylation sites (tertiary alicyclic amines) is 1. The van der Waals surface area contributed by atoms with Crippen molar-refractivity contribution >= 4 is 5.69 Å². The SMILES string of the molecule is CN1CC2CN(c3ccc(OC(F)(F)F)cc3)CC2(C)C1. The molecule has 0 amide bonds. The summed E-state index contributed by atoms with van der Waals surface area (Å²) in [6.07, 6.45) is -4.63. The average Bonchev–Trinajstić information content (AvgIpc) is 2.78. The summed E-state index contributed by atoms with van der Waals surface area (Å²) in [4.78, 5) is 4.61. The summed E-state index contributed by atoms with van der Waals surface area (Å²) in [6, 6.07) is 6.17. The number of hydrogen-bond donors (Lipinski definition) is 0. The van der Waals surface area contributed by atoms with Gasteiger partial charge in [-0.15, -0.1) is 13.2 Å². The van der Waals surface area contributed by atoms with E-state index in [1.165, 1.54) is 12.1 Å². The molecule has 2 fully saturated rings. The maximum Gasteiger partial charge on any atom is 0.573 e. The number of hydrogen-bond acceptors (Lipinski definition) is 3. The molecule has 2 aliphatic rings. The molecule has 0 saturated carbocycles. The highest BCUT2D eigenvalue weighted by Gasteiger charge is 2.48. The number of anilines is 1. The third kappa shape index (κ3) is 2.95. The molecule has 2 unspecified atom stereocenters. The van der Waals surface area contributed by atoms with Crippen LogP contribution in [0.3, 0.4) is 0 Å². The van der Waals surface area contributed by atoms with E-state index >= 15 is 0 Å². The van der Waals surface area contributed by atoms with E-state index in [9.17, 15) is 13.2 Å². The van der Waals surface area contributed by atoms with Crippen molar-refractivity contribution in [3.05, 3.63) is 24.3 Å². The molecule has 3 rings (SSSR count). The van der Waals surface area contributed by atoms with Gasteiger partial charge in [0.15, 0.2) is 0 Å². The Morgan fingerprint density at radius 3 is 2.38 bits per heavy atom. The van der Waals surface area contributed by atoms with Gasteiger partial charge in [0.05, 0.1) is 0 Å². The van der Waals surface area contributed by atoms with Crippen molar-refractivity contribution in [2.24, 2.45) is 11.3 Å². The predicted molar refractivity (Wildman–Crippen MR) is 74.4 cm³/mol. The minimum atomic E-state index is -4.63. The van der Waals surface area contributed by atoms with Crippen LogP contribution in [0.5, 0.6) is 5.75 Å². The first-order chi connectivity index (χ1) is 9.75. The molecule has 6 heteroatoms. The standard InChI is InChI=1S/C15H19F3N2O/c1-14-9-19(2)7-11(14)8-20(10-14)12-3-5-13(6-4-12)21-15(16,17)18/h3-6,11H,7-10H2,1-2H3. The summed E-state index contributed by atoms with van der Waals surface area (Å²) >= 11 is 0. The van der Waals surface area contributed by atoms with Gasteiger partial charge in [-0.2, -0.15) is 0 Å². The maximum atomic E-state index is 12.1. The Labute approximate surface area is 122 Å². The van der Waals surface area contributed by atoms with Crippen LogP contribution < -0.4 is 9.64 Å². The molecule has 0 radical (unpaired) electrons. The number of benzene rings is 1. The van der Waals surface area contributed by atoms with E-state index in [4.69, 9.17) is 0 Å². The molecule has 21 heavy (non-hydrogen) atoms. The highest BCUT2D eigenvalue weighted by molar-refractivity contribution is 5.50. The highest BCUT2D eigenvalue weighted by Crippen LogP contribution is 2.43. The van der Waals surface area contributed by atoms with Gasteiger partial charge in [-0.3, -0.25) is 0 Å². The summed E-state index contributed by atoms with van der Waals surface area (Å²) in [6.45, 7) is 6.36. The van der Waals surface area contributed by atoms with E-state index in [1.807, 2.05) is 0 Å². The van der Waals surface area contributed by atoms with E-state index in [1.54, 1.807) is 12.1 Å². The second-order valence-electron chi connectivity index (χ2n) is 6.47. The Balaban J connectivity index is 1.69. The summed E-state index contributed by atoms with van der Waals surface area (Å²) < 4.78 is 40.3. The molecule has 2 heterocycles. The van der Waals surface area contributed by atoms with Gasteiger partial charge in [0.1, 0.15) is 5.75 Å². The second-order valence-corrected chi connectivity index (χ2v) is 6.47. The Hall–Kier alpha value is -1.43. The van der Waals surface area contributed by atoms with Gasteiger partial charge >= 0.3 is 6.36 Å². The van der Waals surface area contributed by atoms with E-state index < -0.39 is 6.36 Å². The first kappa shape index (κ1) is 14.5. The lowest BCUT2D eigenvalue weighted by atomic mass is 9.83. The summed E-state index contributed by atoms with van der Waals surface area (Å²) in [5, 5.41) is 0. The fraction of sp³-hybridized carbons (Fsp3) is 0.600. The fourth-order valence-electron chi connectivity index (χ4n) is 3.69. The molecule has 2 atom stereocenters. The highest BCUT2D eigenvalue weighted by atomic mass is 19.4. The first-order valence-electron chi connectivity index (χ1n) is 7.04. The number of ether oxygens (including phenoxy) is 1. The zero-order valence-corrected chi connectivity index (χ0v) is 12.2. The lowest BCUT2D eigenvalue weighted by molar-refractivity contribution is -0.274. The summed E-state index contributed by atoms with van der Waals surface area (Å²) in [7, 11) is 2.14. The van der Waals surface area contributed by atoms with Crippen molar-refractivity contribution < 1.29 is 17.9 Å². The van der Waals surface area contributed by atoms with Crippen LogP contribution >= 0.6 is 0 Å². The van der Waals surface area contributed by atoms with Crippen LogP contribution in [0.4, 0.5) is 18.9 Å². The quantitative estimate of drug-likeness (QED) is 0.835. The van der Waals surface area contributed by atoms with Crippen LogP contribution in [0.1, 0.15) is 6.92 Å². The Morgan fingerprint density at radius 2 is 1.81 bits per heavy atom. The van der Waals surface area contributed by atoms with Crippen molar-refractivity contribution in [2.45, 2.75) is 13.3 Å². The van der Waals surface area contributed by atoms with Crippen LogP contribution in [0, 0.1) is 11.3 Å². The second kappa shape index (κ2) is 4.80. The number of rotatable bonds is 2. The number of nitrogens with zero attached hydrogens (tertiary/aromatic N) is 2. The van der Waals surface area contributed by atoms with E-state index in [-0.39, 0.29) is 11.2 Å². The fourth-order valence-corrected chi connectivity index (χ4v) is 3.69. The molecule has 1 aromatic rings. The molecule has 2 aliphatic heterocycles. The Kier molecular flexibility index (Phi) is 3.31. The molecule has 116 valence electrons. The first-order valence-corrected chi connectivity index (χ1v) is 7.04. The minimum Gasteiger partial charge on any atom is -0.406 e. The maximum absolute atomic E-state index is 12.1. The van der Waals surface area contributed by atoms with E-state index in [0.29, 0.717) is 5.92 Å². The molecule has 0 bridgehead atoms. The van der Waals surface area contributed by atoms with Crippen molar-refractivity contribution in [1.29, 1.82) is 0 Å². The topological polar surface area (TPSA) is 15.7 Å². The van der Waals surface area contributed by atoms with Gasteiger partial charge in [0.2, 0.25) is 0 Å². The zero-order valence-electron chi connectivity index (χ0n) is 12.2. The van der Waals surface area contributed by atoms with Crippen molar-refractivity contribution in [3.8, 4) is 5.75 Å². The van der Waals surface area contributed by atoms with E-state index in [0.717, 1.165) is 31.9 Å². The molecular formula is C15H19F3N2O. The van der Waals surface area contributed by atoms with Gasteiger partial charge in [-0.05, 0) is 37.2 Å². The van der Waals surface area contributed by atoms with Crippen LogP contribution in [0.2, 0.25) is 0 Å². The third-order valence-corrected chi connectivity index (χ3v) is 4.58. The molecular weight excluding hydrogens is 281 g/mol. The number of fused-ring (bicyclic) bond motifs is 1. The third-order valence-electron chi connectivity index (χ3n) is 4.58. The van der Waals surface area contributed by atoms with Gasteiger partial charge in [-0.1, -0.05) is 6.92 Å². The lowest BCUT2D eigenvalue weighted by Crippen LogP contribution is -2.30. The average molecular weight is 300 g/mol. The van der Waals surface area contributed by atoms with Crippen LogP contribution in [0.25, 0.3) is 0 Å². The van der Waals surface area contributed by atoms with E-state index in [2.05, 4.69) is 28.5 Å². The van der Waals surface area contributed by atoms with Gasteiger partial charge in [0, 0.05) is 37.3 Å². The van der Waals surface area contributed by atoms with Gasteiger partial charge < -0.3 is 14.5 Å². The summed E-state index contributed by atoms with van der Waals surface area (Å²) in [5.41, 5.74) is 1.23. The zero-order chi connectivity index (χ0) is 15.3. The van der Waals surface area contributed by atoms with Crippen molar-refractivity contribution in [2.75, 3.05) is 38.1 Å². The van der Waals surface area contributed by atoms with Gasteiger partial charge in [0.25, 0.3) is 0 Å². The minimum absolute atomic E-state index is 0.170. The molecule has 0 spiro atoms.